The van der Waals surface area contributed by atoms with Gasteiger partial charge in [0.1, 0.15) is 0 Å². The molecule has 5 heteroatoms. The normalized spacial score (nSPS) is 34.2. The van der Waals surface area contributed by atoms with E-state index in [4.69, 9.17) is 16.3 Å². The third kappa shape index (κ3) is 1.41. The van der Waals surface area contributed by atoms with Crippen molar-refractivity contribution < 1.29 is 14.3 Å². The van der Waals surface area contributed by atoms with Gasteiger partial charge >= 0.3 is 0 Å². The minimum absolute atomic E-state index is 0.179. The van der Waals surface area contributed by atoms with E-state index in [2.05, 4.69) is 0 Å². The quantitative estimate of drug-likeness (QED) is 0.587. The molecule has 0 N–H and O–H groups in total. The number of hydrogen-bond donors (Lipinski definition) is 0. The van der Waals surface area contributed by atoms with Crippen LogP contribution in [0.15, 0.2) is 30.4 Å². The highest BCUT2D eigenvalue weighted by molar-refractivity contribution is 6.31. The minimum Gasteiger partial charge on any atom is -0.365 e. The molecule has 4 nitrogen and oxygen atoms in total. The Morgan fingerprint density at radius 1 is 1.10 bits per heavy atom. The molecule has 4 rings (SSSR count). The number of nitrogens with zero attached hydrogens (tertiary/aromatic N) is 1. The average molecular weight is 290 g/mol. The first-order valence-corrected chi connectivity index (χ1v) is 6.93. The highest BCUT2D eigenvalue weighted by atomic mass is 35.5. The molecule has 0 radical (unpaired) electrons. The Bertz CT molecular complexity index is 639. The molecule has 1 aromatic rings. The largest absolute Gasteiger partial charge is 0.365 e. The second-order valence-corrected chi connectivity index (χ2v) is 5.88. The molecule has 0 spiro atoms. The molecule has 3 aliphatic rings. The predicted octanol–water partition coefficient (Wildman–Crippen LogP) is 2.09. The van der Waals surface area contributed by atoms with Crippen molar-refractivity contribution in [1.82, 2.24) is 0 Å². The zero-order valence-electron chi connectivity index (χ0n) is 10.7. The lowest BCUT2D eigenvalue weighted by Crippen LogP contribution is -2.34. The first-order chi connectivity index (χ1) is 9.58. The highest BCUT2D eigenvalue weighted by Crippen LogP contribution is 2.46. The number of anilines is 1. The van der Waals surface area contributed by atoms with E-state index in [-0.39, 0.29) is 35.9 Å². The number of imide groups is 1. The summed E-state index contributed by atoms with van der Waals surface area (Å²) in [7, 11) is 0. The van der Waals surface area contributed by atoms with Crippen LogP contribution >= 0.6 is 11.6 Å². The van der Waals surface area contributed by atoms with Gasteiger partial charge in [0, 0.05) is 5.02 Å². The first-order valence-electron chi connectivity index (χ1n) is 6.55. The van der Waals surface area contributed by atoms with Crippen LogP contribution in [0.25, 0.3) is 0 Å². The summed E-state index contributed by atoms with van der Waals surface area (Å²) in [4.78, 5) is 26.5. The number of halogens is 1. The maximum absolute atomic E-state index is 12.6. The van der Waals surface area contributed by atoms with Gasteiger partial charge in [-0.25, -0.2) is 4.90 Å². The lowest BCUT2D eigenvalue weighted by Gasteiger charge is -2.19. The Morgan fingerprint density at radius 2 is 1.70 bits per heavy atom. The van der Waals surface area contributed by atoms with Gasteiger partial charge in [-0.2, -0.15) is 0 Å². The Balaban J connectivity index is 1.80. The fraction of sp³-hybridized carbons (Fsp3) is 0.333. The maximum Gasteiger partial charge on any atom is 0.240 e. The summed E-state index contributed by atoms with van der Waals surface area (Å²) in [5, 5.41) is 0.514. The molecule has 3 aliphatic heterocycles. The molecule has 4 atom stereocenters. The van der Waals surface area contributed by atoms with E-state index < -0.39 is 0 Å². The third-order valence-electron chi connectivity index (χ3n) is 4.32. The number of amides is 2. The number of aryl methyl sites for hydroxylation is 1. The van der Waals surface area contributed by atoms with E-state index in [1.807, 2.05) is 25.1 Å². The molecule has 3 heterocycles. The Labute approximate surface area is 121 Å². The van der Waals surface area contributed by atoms with Crippen molar-refractivity contribution in [3.8, 4) is 0 Å². The topological polar surface area (TPSA) is 46.6 Å². The van der Waals surface area contributed by atoms with Gasteiger partial charge < -0.3 is 4.74 Å². The fourth-order valence-corrected chi connectivity index (χ4v) is 3.53. The molecule has 1 aromatic carbocycles. The summed E-state index contributed by atoms with van der Waals surface area (Å²) in [5.41, 5.74) is 1.44. The zero-order valence-corrected chi connectivity index (χ0v) is 11.5. The van der Waals surface area contributed by atoms with Gasteiger partial charge in [0.05, 0.1) is 29.7 Å². The van der Waals surface area contributed by atoms with Crippen LogP contribution in [0.5, 0.6) is 0 Å². The summed E-state index contributed by atoms with van der Waals surface area (Å²) < 4.78 is 5.61. The van der Waals surface area contributed by atoms with Crippen LogP contribution in [0, 0.1) is 18.8 Å². The monoisotopic (exact) mass is 289 g/mol. The molecular formula is C15H12ClNO3. The van der Waals surface area contributed by atoms with E-state index in [0.29, 0.717) is 10.7 Å². The molecule has 2 amide bonds. The predicted molar refractivity (Wildman–Crippen MR) is 73.5 cm³/mol. The van der Waals surface area contributed by atoms with Gasteiger partial charge in [-0.05, 0) is 24.6 Å². The number of rotatable bonds is 1. The molecule has 20 heavy (non-hydrogen) atoms. The van der Waals surface area contributed by atoms with Crippen molar-refractivity contribution in [3.05, 3.63) is 40.9 Å². The second-order valence-electron chi connectivity index (χ2n) is 5.44. The van der Waals surface area contributed by atoms with Crippen molar-refractivity contribution in [3.63, 3.8) is 0 Å². The van der Waals surface area contributed by atoms with Crippen LogP contribution in [-0.2, 0) is 14.3 Å². The van der Waals surface area contributed by atoms with Gasteiger partial charge in [-0.1, -0.05) is 29.8 Å². The molecule has 0 aromatic heterocycles. The van der Waals surface area contributed by atoms with Crippen LogP contribution in [-0.4, -0.2) is 24.0 Å². The summed E-state index contributed by atoms with van der Waals surface area (Å²) in [6, 6.07) is 5.24. The average Bonchev–Trinajstić information content (AvgIpc) is 3.08. The standard InChI is InChI=1S/C15H12ClNO3/c1-7-2-3-8(16)6-9(7)17-14(18)12-10-4-5-11(20-10)13(12)15(17)19/h2-6,10-13H,1H3/t10-,11-,12-,13+/m1/s1. The molecule has 2 bridgehead atoms. The van der Waals surface area contributed by atoms with Gasteiger partial charge in [0.15, 0.2) is 0 Å². The smallest absolute Gasteiger partial charge is 0.240 e. The summed E-state index contributed by atoms with van der Waals surface area (Å²) in [6.07, 6.45) is 3.24. The maximum atomic E-state index is 12.6. The minimum atomic E-state index is -0.379. The van der Waals surface area contributed by atoms with Crippen molar-refractivity contribution in [2.75, 3.05) is 4.90 Å². The molecule has 0 saturated carbocycles. The Hall–Kier alpha value is -1.65. The van der Waals surface area contributed by atoms with Crippen LogP contribution < -0.4 is 4.90 Å². The van der Waals surface area contributed by atoms with Crippen molar-refractivity contribution in [1.29, 1.82) is 0 Å². The second kappa shape index (κ2) is 3.93. The van der Waals surface area contributed by atoms with Crippen molar-refractivity contribution in [2.24, 2.45) is 11.8 Å². The summed E-state index contributed by atoms with van der Waals surface area (Å²) in [6.45, 7) is 1.86. The van der Waals surface area contributed by atoms with E-state index >= 15 is 0 Å². The molecule has 2 saturated heterocycles. The summed E-state index contributed by atoms with van der Waals surface area (Å²) >= 11 is 5.99. The van der Waals surface area contributed by atoms with Gasteiger partial charge in [0.2, 0.25) is 11.8 Å². The van der Waals surface area contributed by atoms with E-state index in [1.165, 1.54) is 4.90 Å². The number of carbonyl (C=O) groups is 2. The molecular weight excluding hydrogens is 278 g/mol. The lowest BCUT2D eigenvalue weighted by atomic mass is 9.85. The molecule has 0 unspecified atom stereocenters. The van der Waals surface area contributed by atoms with Crippen LogP contribution in [0.2, 0.25) is 5.02 Å². The lowest BCUT2D eigenvalue weighted by molar-refractivity contribution is -0.124. The van der Waals surface area contributed by atoms with Gasteiger partial charge in [-0.15, -0.1) is 0 Å². The number of ether oxygens (including phenoxy) is 1. The Kier molecular flexibility index (Phi) is 2.38. The number of benzene rings is 1. The molecule has 102 valence electrons. The van der Waals surface area contributed by atoms with E-state index in [9.17, 15) is 9.59 Å². The van der Waals surface area contributed by atoms with Crippen LogP contribution in [0.4, 0.5) is 5.69 Å². The van der Waals surface area contributed by atoms with Crippen molar-refractivity contribution >= 4 is 29.1 Å². The van der Waals surface area contributed by atoms with Crippen molar-refractivity contribution in [2.45, 2.75) is 19.1 Å². The third-order valence-corrected chi connectivity index (χ3v) is 4.56. The van der Waals surface area contributed by atoms with Crippen LogP contribution in [0.3, 0.4) is 0 Å². The molecule has 0 aliphatic carbocycles. The number of carbonyl (C=O) groups excluding carboxylic acids is 2. The fourth-order valence-electron chi connectivity index (χ4n) is 3.36. The first kappa shape index (κ1) is 12.1. The number of hydrogen-bond acceptors (Lipinski definition) is 3. The van der Waals surface area contributed by atoms with Gasteiger partial charge in [0.25, 0.3) is 0 Å². The summed E-state index contributed by atoms with van der Waals surface area (Å²) in [5.74, 6) is -1.11. The zero-order chi connectivity index (χ0) is 14.0. The van der Waals surface area contributed by atoms with E-state index in [0.717, 1.165) is 5.56 Å². The van der Waals surface area contributed by atoms with Crippen LogP contribution in [0.1, 0.15) is 5.56 Å². The highest BCUT2D eigenvalue weighted by Gasteiger charge is 2.61. The Morgan fingerprint density at radius 3 is 2.30 bits per heavy atom. The molecule has 2 fully saturated rings. The van der Waals surface area contributed by atoms with E-state index in [1.54, 1.807) is 12.1 Å². The number of fused-ring (bicyclic) bond motifs is 5. The van der Waals surface area contributed by atoms with Gasteiger partial charge in [-0.3, -0.25) is 9.59 Å². The SMILES string of the molecule is Cc1ccc(Cl)cc1N1C(=O)[C@@H]2[C@H](C1=O)[C@H]1C=C[C@H]2O1.